The summed E-state index contributed by atoms with van der Waals surface area (Å²) in [5.74, 6) is 2.64. The lowest BCUT2D eigenvalue weighted by Gasteiger charge is -2.18. The topological polar surface area (TPSA) is 24.9 Å². The van der Waals surface area contributed by atoms with Gasteiger partial charge in [-0.25, -0.2) is 0 Å². The first-order valence-corrected chi connectivity index (χ1v) is 6.42. The molecule has 1 aromatic rings. The van der Waals surface area contributed by atoms with Gasteiger partial charge in [-0.05, 0) is 25.5 Å². The van der Waals surface area contributed by atoms with E-state index in [4.69, 9.17) is 29.6 Å². The summed E-state index contributed by atoms with van der Waals surface area (Å²) in [6.07, 6.45) is 9.48. The van der Waals surface area contributed by atoms with E-state index < -0.39 is 0 Å². The largest absolute Gasteiger partial charge is 0.309 e. The summed E-state index contributed by atoms with van der Waals surface area (Å²) in [5, 5.41) is 4.53. The summed E-state index contributed by atoms with van der Waals surface area (Å²) in [6, 6.07) is 1.80. The van der Waals surface area contributed by atoms with Crippen LogP contribution < -0.4 is 5.32 Å². The Kier molecular flexibility index (Phi) is 6.36. The van der Waals surface area contributed by atoms with Crippen LogP contribution in [-0.2, 0) is 0 Å². The van der Waals surface area contributed by atoms with Crippen molar-refractivity contribution in [3.8, 4) is 12.3 Å². The van der Waals surface area contributed by atoms with Gasteiger partial charge in [0.1, 0.15) is 0 Å². The van der Waals surface area contributed by atoms with Crippen LogP contribution in [0.2, 0.25) is 10.0 Å². The molecule has 1 unspecified atom stereocenters. The van der Waals surface area contributed by atoms with Crippen molar-refractivity contribution in [2.75, 3.05) is 6.54 Å². The fourth-order valence-corrected chi connectivity index (χ4v) is 2.08. The van der Waals surface area contributed by atoms with E-state index in [0.717, 1.165) is 25.1 Å². The third-order valence-corrected chi connectivity index (χ3v) is 2.89. The zero-order valence-corrected chi connectivity index (χ0v) is 11.4. The van der Waals surface area contributed by atoms with Crippen LogP contribution in [0.4, 0.5) is 0 Å². The molecule has 17 heavy (non-hydrogen) atoms. The number of hydrogen-bond acceptors (Lipinski definition) is 2. The van der Waals surface area contributed by atoms with Crippen molar-refractivity contribution < 1.29 is 0 Å². The van der Waals surface area contributed by atoms with E-state index in [1.807, 2.05) is 0 Å². The quantitative estimate of drug-likeness (QED) is 0.795. The van der Waals surface area contributed by atoms with Crippen LogP contribution in [0, 0.1) is 12.3 Å². The van der Waals surface area contributed by atoms with Gasteiger partial charge in [-0.3, -0.25) is 4.98 Å². The summed E-state index contributed by atoms with van der Waals surface area (Å²) < 4.78 is 0. The number of terminal acetylenes is 1. The molecule has 0 radical (unpaired) electrons. The van der Waals surface area contributed by atoms with Crippen molar-refractivity contribution in [3.05, 3.63) is 28.0 Å². The number of nitrogens with zero attached hydrogens (tertiary/aromatic N) is 1. The Bertz CT molecular complexity index is 399. The molecule has 4 heteroatoms. The number of hydrogen-bond donors (Lipinski definition) is 1. The fourth-order valence-electron chi connectivity index (χ4n) is 1.56. The maximum Gasteiger partial charge on any atom is 0.0760 e. The lowest BCUT2D eigenvalue weighted by Crippen LogP contribution is -2.23. The molecular weight excluding hydrogens is 255 g/mol. The fraction of sp³-hybridized carbons (Fsp3) is 0.462. The molecule has 0 spiro atoms. The van der Waals surface area contributed by atoms with E-state index >= 15 is 0 Å². The molecule has 0 aliphatic carbocycles. The molecule has 0 saturated heterocycles. The molecule has 92 valence electrons. The van der Waals surface area contributed by atoms with Crippen molar-refractivity contribution >= 4 is 23.2 Å². The van der Waals surface area contributed by atoms with E-state index in [1.165, 1.54) is 0 Å². The Balaban J connectivity index is 2.83. The van der Waals surface area contributed by atoms with Gasteiger partial charge in [0, 0.05) is 12.6 Å². The van der Waals surface area contributed by atoms with Gasteiger partial charge in [0.15, 0.2) is 0 Å². The van der Waals surface area contributed by atoms with Crippen LogP contribution in [-0.4, -0.2) is 11.5 Å². The first-order chi connectivity index (χ1) is 8.19. The molecule has 0 bridgehead atoms. The Morgan fingerprint density at radius 3 is 2.88 bits per heavy atom. The molecule has 0 saturated carbocycles. The van der Waals surface area contributed by atoms with Crippen molar-refractivity contribution in [1.29, 1.82) is 0 Å². The zero-order valence-electron chi connectivity index (χ0n) is 9.84. The minimum Gasteiger partial charge on any atom is -0.309 e. The first-order valence-electron chi connectivity index (χ1n) is 5.66. The maximum atomic E-state index is 6.14. The van der Waals surface area contributed by atoms with Crippen LogP contribution in [0.1, 0.15) is 37.9 Å². The average molecular weight is 271 g/mol. The van der Waals surface area contributed by atoms with Gasteiger partial charge in [0.25, 0.3) is 0 Å². The second kappa shape index (κ2) is 7.55. The van der Waals surface area contributed by atoms with Crippen LogP contribution >= 0.6 is 23.2 Å². The average Bonchev–Trinajstić information content (AvgIpc) is 2.30. The number of halogens is 2. The van der Waals surface area contributed by atoms with Gasteiger partial charge >= 0.3 is 0 Å². The highest BCUT2D eigenvalue weighted by molar-refractivity contribution is 6.34. The Morgan fingerprint density at radius 2 is 2.29 bits per heavy atom. The molecule has 2 nitrogen and oxygen atoms in total. The third kappa shape index (κ3) is 4.55. The highest BCUT2D eigenvalue weighted by Crippen LogP contribution is 2.26. The molecule has 0 fully saturated rings. The van der Waals surface area contributed by atoms with Gasteiger partial charge in [-0.1, -0.05) is 30.1 Å². The summed E-state index contributed by atoms with van der Waals surface area (Å²) >= 11 is 12.0. The normalized spacial score (nSPS) is 12.1. The minimum atomic E-state index is 0.0933. The molecule has 0 aromatic carbocycles. The molecule has 0 aliphatic rings. The Labute approximate surface area is 113 Å². The van der Waals surface area contributed by atoms with Crippen molar-refractivity contribution in [1.82, 2.24) is 10.3 Å². The molecule has 1 aromatic heterocycles. The summed E-state index contributed by atoms with van der Waals surface area (Å²) in [6.45, 7) is 3.03. The van der Waals surface area contributed by atoms with Crippen LogP contribution in [0.15, 0.2) is 12.3 Å². The molecule has 1 atom stereocenters. The monoisotopic (exact) mass is 270 g/mol. The predicted molar refractivity (Wildman–Crippen MR) is 73.4 cm³/mol. The molecule has 1 heterocycles. The summed E-state index contributed by atoms with van der Waals surface area (Å²) in [4.78, 5) is 4.29. The SMILES string of the molecule is C#CCCC(NCCC)c1ncc(Cl)cc1Cl. The van der Waals surface area contributed by atoms with Crippen LogP contribution in [0.5, 0.6) is 0 Å². The van der Waals surface area contributed by atoms with Crippen LogP contribution in [0.3, 0.4) is 0 Å². The van der Waals surface area contributed by atoms with Crippen molar-refractivity contribution in [2.24, 2.45) is 0 Å². The van der Waals surface area contributed by atoms with E-state index in [-0.39, 0.29) is 6.04 Å². The van der Waals surface area contributed by atoms with Gasteiger partial charge < -0.3 is 5.32 Å². The number of nitrogens with one attached hydrogen (secondary N) is 1. The van der Waals surface area contributed by atoms with Crippen LogP contribution in [0.25, 0.3) is 0 Å². The van der Waals surface area contributed by atoms with Gasteiger partial charge in [-0.15, -0.1) is 12.3 Å². The smallest absolute Gasteiger partial charge is 0.0760 e. The van der Waals surface area contributed by atoms with Crippen molar-refractivity contribution in [3.63, 3.8) is 0 Å². The second-order valence-electron chi connectivity index (χ2n) is 3.77. The highest BCUT2D eigenvalue weighted by atomic mass is 35.5. The van der Waals surface area contributed by atoms with E-state index in [2.05, 4.69) is 23.1 Å². The highest BCUT2D eigenvalue weighted by Gasteiger charge is 2.15. The minimum absolute atomic E-state index is 0.0933. The molecule has 0 amide bonds. The second-order valence-corrected chi connectivity index (χ2v) is 4.61. The molecule has 0 aliphatic heterocycles. The lowest BCUT2D eigenvalue weighted by atomic mass is 10.1. The molecular formula is C13H16Cl2N2. The van der Waals surface area contributed by atoms with E-state index in [1.54, 1.807) is 12.3 Å². The lowest BCUT2D eigenvalue weighted by molar-refractivity contribution is 0.495. The summed E-state index contributed by atoms with van der Waals surface area (Å²) in [5.41, 5.74) is 0.819. The standard InChI is InChI=1S/C13H16Cl2N2/c1-3-5-6-12(16-7-4-2)13-11(15)8-10(14)9-17-13/h1,8-9,12,16H,4-7H2,2H3. The van der Waals surface area contributed by atoms with Crippen molar-refractivity contribution in [2.45, 2.75) is 32.2 Å². The number of aromatic nitrogens is 1. The third-order valence-electron chi connectivity index (χ3n) is 2.38. The van der Waals surface area contributed by atoms with Gasteiger partial charge in [0.2, 0.25) is 0 Å². The Morgan fingerprint density at radius 1 is 1.53 bits per heavy atom. The van der Waals surface area contributed by atoms with E-state index in [0.29, 0.717) is 16.5 Å². The molecule has 1 rings (SSSR count). The maximum absolute atomic E-state index is 6.14. The molecule has 1 N–H and O–H groups in total. The first kappa shape index (κ1) is 14.3. The zero-order chi connectivity index (χ0) is 12.7. The predicted octanol–water partition coefficient (Wildman–Crippen LogP) is 3.84. The Hall–Kier alpha value is -0.750. The summed E-state index contributed by atoms with van der Waals surface area (Å²) in [7, 11) is 0. The number of pyridine rings is 1. The number of rotatable bonds is 6. The van der Waals surface area contributed by atoms with E-state index in [9.17, 15) is 0 Å². The van der Waals surface area contributed by atoms with Gasteiger partial charge in [0.05, 0.1) is 21.8 Å². The van der Waals surface area contributed by atoms with Gasteiger partial charge in [-0.2, -0.15) is 0 Å².